The third kappa shape index (κ3) is 7.31. The maximum Gasteiger partial charge on any atom is 0.405 e. The van der Waals surface area contributed by atoms with E-state index >= 15 is 0 Å². The zero-order valence-electron chi connectivity index (χ0n) is 21.8. The van der Waals surface area contributed by atoms with Crippen molar-refractivity contribution in [2.45, 2.75) is 38.9 Å². The van der Waals surface area contributed by atoms with E-state index in [9.17, 15) is 31.5 Å². The topological polar surface area (TPSA) is 97.3 Å². The lowest BCUT2D eigenvalue weighted by Crippen LogP contribution is -2.34. The lowest BCUT2D eigenvalue weighted by Gasteiger charge is -2.14. The van der Waals surface area contributed by atoms with Crippen molar-refractivity contribution < 1.29 is 36.3 Å². The Kier molecular flexibility index (Phi) is 9.17. The van der Waals surface area contributed by atoms with Gasteiger partial charge in [0.1, 0.15) is 18.9 Å². The van der Waals surface area contributed by atoms with Gasteiger partial charge in [-0.15, -0.1) is 0 Å². The van der Waals surface area contributed by atoms with Crippen molar-refractivity contribution in [1.29, 1.82) is 0 Å². The predicted molar refractivity (Wildman–Crippen MR) is 144 cm³/mol. The number of amides is 2. The average Bonchev–Trinajstić information content (AvgIpc) is 3.65. The molecular weight excluding hydrogens is 596 g/mol. The Hall–Kier alpha value is -3.32. The zero-order chi connectivity index (χ0) is 30.1. The molecule has 1 aromatic heterocycles. The Bertz CT molecular complexity index is 1460. The van der Waals surface area contributed by atoms with E-state index in [1.54, 1.807) is 24.5 Å². The number of rotatable bonds is 11. The smallest absolute Gasteiger partial charge is 0.405 e. The van der Waals surface area contributed by atoms with Crippen LogP contribution in [0.1, 0.15) is 35.7 Å². The Labute approximate surface area is 241 Å². The van der Waals surface area contributed by atoms with Crippen LogP contribution < -0.4 is 20.7 Å². The van der Waals surface area contributed by atoms with Crippen LogP contribution >= 0.6 is 23.2 Å². The number of nitrogens with zero attached hydrogens (tertiary/aromatic N) is 2. The molecule has 2 amide bonds. The Morgan fingerprint density at radius 2 is 1.93 bits per heavy atom. The summed E-state index contributed by atoms with van der Waals surface area (Å²) in [6.45, 7) is -0.503. The minimum absolute atomic E-state index is 0.00123. The molecule has 1 aliphatic rings. The van der Waals surface area contributed by atoms with Crippen molar-refractivity contribution in [1.82, 2.24) is 20.2 Å². The summed E-state index contributed by atoms with van der Waals surface area (Å²) < 4.78 is 70.1. The normalized spacial score (nSPS) is 16.6. The van der Waals surface area contributed by atoms with E-state index < -0.39 is 37.2 Å². The second kappa shape index (κ2) is 12.3. The van der Waals surface area contributed by atoms with E-state index in [4.69, 9.17) is 27.9 Å². The number of benzene rings is 2. The van der Waals surface area contributed by atoms with Crippen LogP contribution in [0.3, 0.4) is 0 Å². The molecule has 1 fully saturated rings. The Balaban J connectivity index is 1.61. The Morgan fingerprint density at radius 3 is 2.56 bits per heavy atom. The number of hydrogen-bond acceptors (Lipinski definition) is 5. The summed E-state index contributed by atoms with van der Waals surface area (Å²) in [6.07, 6.45) is -5.78. The first kappa shape index (κ1) is 30.6. The van der Waals surface area contributed by atoms with E-state index in [1.165, 1.54) is 10.6 Å². The summed E-state index contributed by atoms with van der Waals surface area (Å²) in [5.41, 5.74) is 0.929. The highest BCUT2D eigenvalue weighted by Crippen LogP contribution is 2.41. The number of carbonyl (C=O) groups is 2. The van der Waals surface area contributed by atoms with Crippen molar-refractivity contribution in [3.63, 3.8) is 0 Å². The minimum Gasteiger partial charge on any atom is -0.487 e. The fraction of sp³-hybridized carbons (Fsp3) is 0.423. The molecule has 3 N–H and O–H groups in total. The van der Waals surface area contributed by atoms with Crippen LogP contribution in [0.15, 0.2) is 24.3 Å². The van der Waals surface area contributed by atoms with Crippen molar-refractivity contribution in [2.24, 2.45) is 18.9 Å². The number of hydrogen-bond donors (Lipinski definition) is 3. The second-order valence-electron chi connectivity index (χ2n) is 9.58. The number of fused-ring (bicyclic) bond motifs is 1. The number of anilines is 2. The lowest BCUT2D eigenvalue weighted by molar-refractivity contribution is -0.123. The van der Waals surface area contributed by atoms with Crippen LogP contribution in [0, 0.1) is 11.8 Å². The van der Waals surface area contributed by atoms with Gasteiger partial charge in [0.25, 0.3) is 12.3 Å². The van der Waals surface area contributed by atoms with Gasteiger partial charge in [0.15, 0.2) is 0 Å². The number of aryl methyl sites for hydroxylation is 1. The lowest BCUT2D eigenvalue weighted by atomic mass is 10.1. The van der Waals surface area contributed by atoms with E-state index in [1.807, 2.05) is 6.92 Å². The van der Waals surface area contributed by atoms with Crippen molar-refractivity contribution in [2.75, 3.05) is 18.5 Å². The second-order valence-corrected chi connectivity index (χ2v) is 10.4. The molecule has 0 bridgehead atoms. The van der Waals surface area contributed by atoms with E-state index in [2.05, 4.69) is 15.6 Å². The van der Waals surface area contributed by atoms with Gasteiger partial charge in [0.2, 0.25) is 11.9 Å². The summed E-state index contributed by atoms with van der Waals surface area (Å²) in [5.74, 6) is -1.01. The molecule has 0 radical (unpaired) electrons. The van der Waals surface area contributed by atoms with E-state index in [0.29, 0.717) is 17.0 Å². The third-order valence-corrected chi connectivity index (χ3v) is 7.43. The summed E-state index contributed by atoms with van der Waals surface area (Å²) in [4.78, 5) is 29.3. The van der Waals surface area contributed by atoms with Crippen molar-refractivity contribution >= 4 is 57.7 Å². The highest BCUT2D eigenvalue weighted by atomic mass is 35.5. The van der Waals surface area contributed by atoms with Crippen LogP contribution in [0.2, 0.25) is 10.0 Å². The monoisotopic (exact) mass is 621 g/mol. The molecule has 0 aliphatic heterocycles. The first-order chi connectivity index (χ1) is 19.3. The van der Waals surface area contributed by atoms with E-state index in [-0.39, 0.29) is 51.3 Å². The molecule has 0 spiro atoms. The standard InChI is InChI=1S/C26H26Cl2F5N5O3/c1-3-12-6-14(12)23(39)34-9-13-4-5-16(27)22(21(13)28)37-25-36-17-7-15(24(40)35-11-26(31,32)33)19(41-10-20(29)30)8-18(17)38(25)2/h4-5,7-8,12,14,20H,3,6,9-11H2,1-2H3,(H,34,39)(H,35,40)(H,36,37). The summed E-state index contributed by atoms with van der Waals surface area (Å²) in [7, 11) is 1.57. The molecule has 1 heterocycles. The maximum atomic E-state index is 12.8. The fourth-order valence-electron chi connectivity index (χ4n) is 4.35. The first-order valence-electron chi connectivity index (χ1n) is 12.6. The Morgan fingerprint density at radius 1 is 1.20 bits per heavy atom. The van der Waals surface area contributed by atoms with Gasteiger partial charge in [-0.1, -0.05) is 42.6 Å². The van der Waals surface area contributed by atoms with Crippen LogP contribution in [-0.4, -0.2) is 47.1 Å². The summed E-state index contributed by atoms with van der Waals surface area (Å²) in [6, 6.07) is 5.64. The molecule has 0 saturated heterocycles. The average molecular weight is 622 g/mol. The van der Waals surface area contributed by atoms with Crippen molar-refractivity contribution in [3.05, 3.63) is 45.4 Å². The zero-order valence-corrected chi connectivity index (χ0v) is 23.4. The highest BCUT2D eigenvalue weighted by Gasteiger charge is 2.41. The maximum absolute atomic E-state index is 12.8. The van der Waals surface area contributed by atoms with Gasteiger partial charge in [-0.2, -0.15) is 13.2 Å². The fourth-order valence-corrected chi connectivity index (χ4v) is 4.88. The first-order valence-corrected chi connectivity index (χ1v) is 13.3. The SMILES string of the molecule is CCC1CC1C(=O)NCc1ccc(Cl)c(Nc2nc3cc(C(=O)NCC(F)(F)F)c(OCC(F)F)cc3n2C)c1Cl. The molecule has 8 nitrogen and oxygen atoms in total. The van der Waals surface area contributed by atoms with Gasteiger partial charge in [-0.25, -0.2) is 13.8 Å². The number of alkyl halides is 5. The number of aromatic nitrogens is 2. The number of imidazole rings is 1. The van der Waals surface area contributed by atoms with E-state index in [0.717, 1.165) is 18.9 Å². The molecule has 4 rings (SSSR count). The molecule has 2 aromatic carbocycles. The molecule has 1 saturated carbocycles. The summed E-state index contributed by atoms with van der Waals surface area (Å²) >= 11 is 13.0. The largest absolute Gasteiger partial charge is 0.487 e. The number of carbonyl (C=O) groups excluding carboxylic acids is 2. The minimum atomic E-state index is -4.68. The quantitative estimate of drug-likeness (QED) is 0.221. The molecule has 3 aromatic rings. The molecule has 222 valence electrons. The van der Waals surface area contributed by atoms with Crippen LogP contribution in [0.4, 0.5) is 33.6 Å². The number of halogens is 7. The van der Waals surface area contributed by atoms with Gasteiger partial charge in [-0.3, -0.25) is 9.59 Å². The molecule has 41 heavy (non-hydrogen) atoms. The number of ether oxygens (including phenoxy) is 1. The van der Waals surface area contributed by atoms with Gasteiger partial charge in [-0.05, 0) is 30.0 Å². The summed E-state index contributed by atoms with van der Waals surface area (Å²) in [5, 5.41) is 8.05. The van der Waals surface area contributed by atoms with Gasteiger partial charge >= 0.3 is 6.18 Å². The van der Waals surface area contributed by atoms with Gasteiger partial charge in [0.05, 0.1) is 32.3 Å². The van der Waals surface area contributed by atoms with Crippen molar-refractivity contribution in [3.8, 4) is 5.75 Å². The van der Waals surface area contributed by atoms with Crippen LogP contribution in [0.25, 0.3) is 11.0 Å². The highest BCUT2D eigenvalue weighted by molar-refractivity contribution is 6.39. The molecule has 2 unspecified atom stereocenters. The predicted octanol–water partition coefficient (Wildman–Crippen LogP) is 6.22. The third-order valence-electron chi connectivity index (χ3n) is 6.69. The molecule has 1 aliphatic carbocycles. The van der Waals surface area contributed by atoms with Gasteiger partial charge in [0, 0.05) is 25.6 Å². The van der Waals surface area contributed by atoms with Crippen LogP contribution in [-0.2, 0) is 18.4 Å². The van der Waals surface area contributed by atoms with Gasteiger partial charge < -0.3 is 25.3 Å². The molecular formula is C26H26Cl2F5N5O3. The number of nitrogens with one attached hydrogen (secondary N) is 3. The molecule has 2 atom stereocenters. The molecule has 15 heteroatoms. The van der Waals surface area contributed by atoms with Crippen LogP contribution in [0.5, 0.6) is 5.75 Å².